The zero-order chi connectivity index (χ0) is 17.7. The molecule has 6 nitrogen and oxygen atoms in total. The summed E-state index contributed by atoms with van der Waals surface area (Å²) in [6.07, 6.45) is 2.86. The molecule has 24 heavy (non-hydrogen) atoms. The minimum atomic E-state index is -3.09. The number of amides is 1. The minimum absolute atomic E-state index is 0.0610. The molecule has 0 N–H and O–H groups in total. The third-order valence-electron chi connectivity index (χ3n) is 3.75. The number of sulfone groups is 1. The number of hydrogen-bond acceptors (Lipinski definition) is 5. The molecule has 1 aliphatic rings. The number of benzene rings is 1. The molecule has 1 unspecified atom stereocenters. The van der Waals surface area contributed by atoms with Crippen LogP contribution in [0.4, 0.5) is 4.39 Å². The molecular formula is C16H18FNO5S. The van der Waals surface area contributed by atoms with E-state index in [9.17, 15) is 22.4 Å². The number of esters is 1. The molecule has 8 heteroatoms. The first-order valence-electron chi connectivity index (χ1n) is 7.33. The van der Waals surface area contributed by atoms with E-state index in [-0.39, 0.29) is 17.5 Å². The predicted molar refractivity (Wildman–Crippen MR) is 86.2 cm³/mol. The average molecular weight is 355 g/mol. The highest BCUT2D eigenvalue weighted by molar-refractivity contribution is 7.91. The second-order valence-electron chi connectivity index (χ2n) is 5.56. The molecule has 130 valence electrons. The van der Waals surface area contributed by atoms with Gasteiger partial charge in [0.1, 0.15) is 5.82 Å². The van der Waals surface area contributed by atoms with E-state index < -0.39 is 34.1 Å². The Balaban J connectivity index is 1.82. The molecule has 1 fully saturated rings. The average Bonchev–Trinajstić information content (AvgIpc) is 2.90. The molecule has 1 heterocycles. The number of halogens is 1. The Hall–Kier alpha value is -2.22. The Morgan fingerprint density at radius 2 is 2.17 bits per heavy atom. The lowest BCUT2D eigenvalue weighted by Gasteiger charge is -2.22. The van der Waals surface area contributed by atoms with Crippen molar-refractivity contribution >= 4 is 27.8 Å². The van der Waals surface area contributed by atoms with Gasteiger partial charge in [-0.1, -0.05) is 12.1 Å². The standard InChI is InChI=1S/C16H18FNO5S/c1-18(14-7-8-24(21,22)11-14)15(19)10-23-16(20)6-5-12-3-2-4-13(17)9-12/h2-6,9,14H,7-8,10-11H2,1H3/b6-5+. The Kier molecular flexibility index (Phi) is 5.71. The summed E-state index contributed by atoms with van der Waals surface area (Å²) in [6.45, 7) is -0.473. The van der Waals surface area contributed by atoms with Gasteiger partial charge in [0.25, 0.3) is 5.91 Å². The van der Waals surface area contributed by atoms with Crippen LogP contribution in [0.5, 0.6) is 0 Å². The molecule has 1 amide bonds. The molecule has 1 aromatic carbocycles. The van der Waals surface area contributed by atoms with Gasteiger partial charge in [-0.25, -0.2) is 17.6 Å². The van der Waals surface area contributed by atoms with Gasteiger partial charge in [-0.05, 0) is 30.2 Å². The molecular weight excluding hydrogens is 337 g/mol. The molecule has 0 spiro atoms. The van der Waals surface area contributed by atoms with Gasteiger partial charge in [0.05, 0.1) is 11.5 Å². The molecule has 1 saturated heterocycles. The van der Waals surface area contributed by atoms with Gasteiger partial charge in [-0.15, -0.1) is 0 Å². The molecule has 0 aliphatic carbocycles. The Labute approximate surface area is 139 Å². The lowest BCUT2D eigenvalue weighted by molar-refractivity contribution is -0.148. The van der Waals surface area contributed by atoms with Crippen LogP contribution in [0.1, 0.15) is 12.0 Å². The fraction of sp³-hybridized carbons (Fsp3) is 0.375. The highest BCUT2D eigenvalue weighted by Gasteiger charge is 2.32. The molecule has 1 aromatic rings. The normalized spacial score (nSPS) is 19.3. The van der Waals surface area contributed by atoms with Gasteiger partial charge in [0, 0.05) is 19.2 Å². The topological polar surface area (TPSA) is 80.8 Å². The van der Waals surface area contributed by atoms with Crippen molar-refractivity contribution in [3.8, 4) is 0 Å². The van der Waals surface area contributed by atoms with Crippen molar-refractivity contribution in [3.05, 3.63) is 41.7 Å². The van der Waals surface area contributed by atoms with E-state index in [4.69, 9.17) is 4.74 Å². The summed E-state index contributed by atoms with van der Waals surface area (Å²) in [6, 6.07) is 5.28. The second kappa shape index (κ2) is 7.57. The first-order valence-corrected chi connectivity index (χ1v) is 9.15. The number of carbonyl (C=O) groups excluding carboxylic acids is 2. The quantitative estimate of drug-likeness (QED) is 0.582. The molecule has 1 aliphatic heterocycles. The van der Waals surface area contributed by atoms with Crippen LogP contribution in [0.3, 0.4) is 0 Å². The van der Waals surface area contributed by atoms with Crippen LogP contribution < -0.4 is 0 Å². The van der Waals surface area contributed by atoms with Gasteiger partial charge in [-0.3, -0.25) is 4.79 Å². The van der Waals surface area contributed by atoms with Crippen molar-refractivity contribution < 1.29 is 27.1 Å². The summed E-state index contributed by atoms with van der Waals surface area (Å²) < 4.78 is 40.7. The van der Waals surface area contributed by atoms with E-state index in [1.165, 1.54) is 36.2 Å². The van der Waals surface area contributed by atoms with Crippen molar-refractivity contribution in [1.82, 2.24) is 4.90 Å². The Morgan fingerprint density at radius 3 is 2.79 bits per heavy atom. The van der Waals surface area contributed by atoms with Crippen LogP contribution in [-0.2, 0) is 24.2 Å². The summed E-state index contributed by atoms with van der Waals surface area (Å²) >= 11 is 0. The lowest BCUT2D eigenvalue weighted by Crippen LogP contribution is -2.40. The lowest BCUT2D eigenvalue weighted by atomic mass is 10.2. The summed E-state index contributed by atoms with van der Waals surface area (Å²) in [4.78, 5) is 24.8. The van der Waals surface area contributed by atoms with Crippen LogP contribution in [0, 0.1) is 5.82 Å². The van der Waals surface area contributed by atoms with Crippen LogP contribution >= 0.6 is 0 Å². The monoisotopic (exact) mass is 355 g/mol. The minimum Gasteiger partial charge on any atom is -0.452 e. The number of hydrogen-bond donors (Lipinski definition) is 0. The maximum absolute atomic E-state index is 13.0. The first-order chi connectivity index (χ1) is 11.3. The second-order valence-corrected chi connectivity index (χ2v) is 7.79. The molecule has 0 radical (unpaired) electrons. The third-order valence-corrected chi connectivity index (χ3v) is 5.50. The third kappa shape index (κ3) is 5.16. The number of likely N-dealkylation sites (N-methyl/N-ethyl adjacent to an activating group) is 1. The van der Waals surface area contributed by atoms with E-state index in [2.05, 4.69) is 0 Å². The number of rotatable bonds is 5. The zero-order valence-electron chi connectivity index (χ0n) is 13.1. The van der Waals surface area contributed by atoms with Crippen LogP contribution in [0.15, 0.2) is 30.3 Å². The van der Waals surface area contributed by atoms with Crippen LogP contribution in [-0.4, -0.2) is 56.4 Å². The largest absolute Gasteiger partial charge is 0.452 e. The summed E-state index contributed by atoms with van der Waals surface area (Å²) in [7, 11) is -1.60. The van der Waals surface area contributed by atoms with Crippen molar-refractivity contribution in [2.24, 2.45) is 0 Å². The van der Waals surface area contributed by atoms with E-state index in [0.29, 0.717) is 12.0 Å². The molecule has 2 rings (SSSR count). The summed E-state index contributed by atoms with van der Waals surface area (Å²) in [5.41, 5.74) is 0.492. The molecule has 0 aromatic heterocycles. The summed E-state index contributed by atoms with van der Waals surface area (Å²) in [5.74, 6) is -1.63. The van der Waals surface area contributed by atoms with Crippen LogP contribution in [0.25, 0.3) is 6.08 Å². The molecule has 0 bridgehead atoms. The van der Waals surface area contributed by atoms with Gasteiger partial charge in [0.2, 0.25) is 0 Å². The van der Waals surface area contributed by atoms with Crippen LogP contribution in [0.2, 0.25) is 0 Å². The molecule has 0 saturated carbocycles. The van der Waals surface area contributed by atoms with E-state index in [1.54, 1.807) is 6.07 Å². The van der Waals surface area contributed by atoms with Crippen molar-refractivity contribution in [1.29, 1.82) is 0 Å². The van der Waals surface area contributed by atoms with Gasteiger partial charge >= 0.3 is 5.97 Å². The smallest absolute Gasteiger partial charge is 0.331 e. The van der Waals surface area contributed by atoms with Crippen molar-refractivity contribution in [3.63, 3.8) is 0 Å². The maximum Gasteiger partial charge on any atom is 0.331 e. The van der Waals surface area contributed by atoms with Gasteiger partial charge in [0.15, 0.2) is 16.4 Å². The van der Waals surface area contributed by atoms with E-state index >= 15 is 0 Å². The predicted octanol–water partition coefficient (Wildman–Crippen LogP) is 1.03. The van der Waals surface area contributed by atoms with Crippen molar-refractivity contribution in [2.45, 2.75) is 12.5 Å². The zero-order valence-corrected chi connectivity index (χ0v) is 14.0. The Morgan fingerprint density at radius 1 is 1.42 bits per heavy atom. The molecule has 1 atom stereocenters. The van der Waals surface area contributed by atoms with Gasteiger partial charge in [-0.2, -0.15) is 0 Å². The maximum atomic E-state index is 13.0. The Bertz CT molecular complexity index is 759. The number of nitrogens with zero attached hydrogens (tertiary/aromatic N) is 1. The number of ether oxygens (including phenoxy) is 1. The van der Waals surface area contributed by atoms with E-state index in [0.717, 1.165) is 6.08 Å². The SMILES string of the molecule is CN(C(=O)COC(=O)/C=C/c1cccc(F)c1)C1CCS(=O)(=O)C1. The van der Waals surface area contributed by atoms with Gasteiger partial charge < -0.3 is 9.64 Å². The highest BCUT2D eigenvalue weighted by Crippen LogP contribution is 2.16. The van der Waals surface area contributed by atoms with Crippen molar-refractivity contribution in [2.75, 3.05) is 25.2 Å². The fourth-order valence-electron chi connectivity index (χ4n) is 2.34. The highest BCUT2D eigenvalue weighted by atomic mass is 32.2. The first kappa shape index (κ1) is 18.1. The summed E-state index contributed by atoms with van der Waals surface area (Å²) in [5, 5.41) is 0. The van der Waals surface area contributed by atoms with E-state index in [1.807, 2.05) is 0 Å². The number of carbonyl (C=O) groups is 2. The fourth-order valence-corrected chi connectivity index (χ4v) is 4.12.